The average Bonchev–Trinajstić information content (AvgIpc) is 1.72. The number of nitrogens with two attached hydrogens (primary N) is 1. The number of alkyl halides is 2. The highest BCUT2D eigenvalue weighted by Gasteiger charge is 2.32. The van der Waals surface area contributed by atoms with Gasteiger partial charge in [-0.15, -0.1) is 0 Å². The summed E-state index contributed by atoms with van der Waals surface area (Å²) in [6.07, 6.45) is -0.658. The third-order valence-corrected chi connectivity index (χ3v) is 14.4. The van der Waals surface area contributed by atoms with Crippen molar-refractivity contribution in [3.8, 4) is 28.5 Å². The first-order valence-electron chi connectivity index (χ1n) is 31.2. The first-order valence-corrected chi connectivity index (χ1v) is 31.2. The van der Waals surface area contributed by atoms with E-state index < -0.39 is 90.1 Å². The van der Waals surface area contributed by atoms with Crippen LogP contribution in [0.3, 0.4) is 0 Å². The molecule has 0 aliphatic carbocycles. The van der Waals surface area contributed by atoms with Gasteiger partial charge in [0.25, 0.3) is 18.2 Å². The van der Waals surface area contributed by atoms with Gasteiger partial charge in [-0.1, -0.05) is 44.2 Å². The van der Waals surface area contributed by atoms with Gasteiger partial charge in [-0.3, -0.25) is 38.5 Å². The Morgan fingerprint density at radius 3 is 2.06 bits per heavy atom. The molecular weight excluding hydrogens is 1290 g/mol. The fourth-order valence-corrected chi connectivity index (χ4v) is 9.41. The fourth-order valence-electron chi connectivity index (χ4n) is 9.41. The summed E-state index contributed by atoms with van der Waals surface area (Å²) in [5.74, 6) is -5.44. The van der Waals surface area contributed by atoms with E-state index in [4.69, 9.17) is 34.2 Å². The number of aliphatic carboxylic acids is 1. The second kappa shape index (κ2) is 38.8. The van der Waals surface area contributed by atoms with Crippen LogP contribution in [0.5, 0.6) is 5.88 Å². The van der Waals surface area contributed by atoms with Crippen LogP contribution in [0.4, 0.5) is 34.1 Å². The summed E-state index contributed by atoms with van der Waals surface area (Å²) in [5, 5.41) is 28.1. The minimum absolute atomic E-state index is 0.00236. The van der Waals surface area contributed by atoms with Crippen molar-refractivity contribution >= 4 is 75.9 Å². The Bertz CT molecular complexity index is 3710. The normalized spacial score (nSPS) is 12.9. The number of imide groups is 1. The average molecular weight is 1370 g/mol. The lowest BCUT2D eigenvalue weighted by Gasteiger charge is -2.27. The number of carboxylic acid groups (broad SMARTS) is 1. The maximum atomic E-state index is 14.0. The number of ether oxygens (including phenoxy) is 6. The zero-order valence-electron chi connectivity index (χ0n) is 53.7. The number of carbonyl (C=O) groups excluding carboxylic acids is 8. The minimum Gasteiger partial charge on any atom is -0.481 e. The Kier molecular flexibility index (Phi) is 29.6. The number of nitrogens with zero attached hydrogens (tertiary/aromatic N) is 5. The number of hydrogen-bond acceptors (Lipinski definition) is 20. The highest BCUT2D eigenvalue weighted by molar-refractivity contribution is 6.12. The van der Waals surface area contributed by atoms with E-state index in [1.807, 2.05) is 0 Å². The predicted molar refractivity (Wildman–Crippen MR) is 346 cm³/mol. The van der Waals surface area contributed by atoms with E-state index in [1.165, 1.54) is 54.7 Å². The van der Waals surface area contributed by atoms with Crippen LogP contribution in [-0.4, -0.2) is 186 Å². The molecule has 0 bridgehead atoms. The molecule has 30 nitrogen and oxygen atoms in total. The van der Waals surface area contributed by atoms with Gasteiger partial charge in [0.15, 0.2) is 0 Å². The van der Waals surface area contributed by atoms with Gasteiger partial charge in [-0.25, -0.2) is 42.7 Å². The van der Waals surface area contributed by atoms with Gasteiger partial charge in [0.05, 0.1) is 101 Å². The van der Waals surface area contributed by atoms with E-state index in [0.717, 1.165) is 4.90 Å². The fraction of sp³-hybridized carbons (Fsp3) is 0.400. The van der Waals surface area contributed by atoms with E-state index in [9.17, 15) is 61.4 Å². The molecule has 9 amide bonds. The van der Waals surface area contributed by atoms with Crippen molar-refractivity contribution in [2.45, 2.75) is 83.7 Å². The van der Waals surface area contributed by atoms with Gasteiger partial charge in [0, 0.05) is 48.5 Å². The maximum Gasteiger partial charge on any atom is 0.407 e. The number of benzene rings is 3. The lowest BCUT2D eigenvalue weighted by Crippen LogP contribution is -2.58. The Labute approximate surface area is 560 Å². The quantitative estimate of drug-likeness (QED) is 0.0181. The number of fused-ring (bicyclic) bond motifs is 1. The lowest BCUT2D eigenvalue weighted by atomic mass is 10.0. The molecule has 524 valence electrons. The zero-order valence-corrected chi connectivity index (χ0v) is 53.7. The number of rotatable bonds is 42. The van der Waals surface area contributed by atoms with E-state index >= 15 is 0 Å². The third-order valence-electron chi connectivity index (χ3n) is 14.4. The smallest absolute Gasteiger partial charge is 0.407 e. The molecule has 0 fully saturated rings. The van der Waals surface area contributed by atoms with E-state index in [2.05, 4.69) is 62.1 Å². The molecule has 6 aromatic rings. The Balaban J connectivity index is 0.838. The number of anilines is 2. The lowest BCUT2D eigenvalue weighted by molar-refractivity contribution is -0.139. The number of halogens is 3. The Morgan fingerprint density at radius 2 is 1.38 bits per heavy atom. The van der Waals surface area contributed by atoms with Gasteiger partial charge >= 0.3 is 18.1 Å². The number of nitrogens with one attached hydrogen (secondary N) is 8. The van der Waals surface area contributed by atoms with E-state index in [1.54, 1.807) is 62.4 Å². The van der Waals surface area contributed by atoms with Crippen molar-refractivity contribution in [2.75, 3.05) is 89.7 Å². The first-order chi connectivity index (χ1) is 47.2. The number of alkyl carbamates (subject to hydrolysis) is 1. The molecule has 7 rings (SSSR count). The van der Waals surface area contributed by atoms with Crippen LogP contribution >= 0.6 is 0 Å². The first kappa shape index (κ1) is 74.8. The Morgan fingerprint density at radius 1 is 0.684 bits per heavy atom. The molecule has 33 heteroatoms. The largest absolute Gasteiger partial charge is 0.481 e. The number of imidazole rings is 1. The standard InChI is InChI=1S/C65H77F3N14O16/c1-39(2)57(81-62(89)49(17-20-56(86)87)76-52(83)21-25-93-28-30-95-32-33-96-31-29-94-27-24-82-54(84)18-19-55(82)85)63(90)78-48(10-5-22-70-64(69)91)61(88)74-43-14-11-40(12-15-43)38-98-65(92)71-23-26-97-53-37-73-45-16-13-41(34-50(45)77-53)58-59(46-8-4-9-47(75-46)60(67)68)80-51(79-58)36-72-44-7-3-6-42(66)35-44/h3-4,6-9,11-16,18-19,34-35,37,39,48-49,57,60,72H,5,10,17,20-33,36,38H2,1-2H3,(H,71,92)(H,74,88)(H,76,83)(H,78,90)(H,79,80)(H,81,89)(H,86,87)(H3,69,70,91)/t48-,49-,57-/m0/s1. The molecule has 0 saturated heterocycles. The van der Waals surface area contributed by atoms with E-state index in [-0.39, 0.29) is 147 Å². The zero-order chi connectivity index (χ0) is 70.3. The number of primary amides is 1. The molecule has 98 heavy (non-hydrogen) atoms. The van der Waals surface area contributed by atoms with Crippen LogP contribution in [0.2, 0.25) is 0 Å². The van der Waals surface area contributed by atoms with Crippen LogP contribution in [0, 0.1) is 11.7 Å². The van der Waals surface area contributed by atoms with Crippen molar-refractivity contribution in [1.29, 1.82) is 0 Å². The molecule has 0 radical (unpaired) electrons. The molecule has 3 atom stereocenters. The molecular formula is C65H77F3N14O16. The third kappa shape index (κ3) is 24.8. The van der Waals surface area contributed by atoms with Crippen LogP contribution in [-0.2, 0) is 70.4 Å². The molecule has 1 aliphatic heterocycles. The number of carboxylic acids is 1. The Hall–Kier alpha value is -10.6. The van der Waals surface area contributed by atoms with Gasteiger partial charge < -0.3 is 81.5 Å². The molecule has 1 aliphatic rings. The van der Waals surface area contributed by atoms with Gasteiger partial charge in [0.2, 0.25) is 29.5 Å². The van der Waals surface area contributed by atoms with Crippen molar-refractivity contribution < 1.29 is 89.8 Å². The highest BCUT2D eigenvalue weighted by atomic mass is 19.3. The minimum atomic E-state index is -2.82. The molecule has 4 heterocycles. The number of H-pyrrole nitrogens is 1. The second-order valence-corrected chi connectivity index (χ2v) is 22.1. The summed E-state index contributed by atoms with van der Waals surface area (Å²) in [6, 6.07) is 16.8. The molecule has 3 aromatic heterocycles. The summed E-state index contributed by atoms with van der Waals surface area (Å²) in [5.41, 5.74) is 8.53. The summed E-state index contributed by atoms with van der Waals surface area (Å²) in [7, 11) is 0. The van der Waals surface area contributed by atoms with Crippen LogP contribution in [0.1, 0.15) is 69.5 Å². The predicted octanol–water partition coefficient (Wildman–Crippen LogP) is 4.82. The number of aromatic amines is 1. The van der Waals surface area contributed by atoms with Crippen LogP contribution in [0.15, 0.2) is 103 Å². The summed E-state index contributed by atoms with van der Waals surface area (Å²) in [6.45, 7) is 4.74. The number of pyridine rings is 1. The number of hydrogen-bond donors (Lipinski definition) is 10. The number of carbonyl (C=O) groups is 9. The summed E-state index contributed by atoms with van der Waals surface area (Å²) in [4.78, 5) is 135. The summed E-state index contributed by atoms with van der Waals surface area (Å²) < 4.78 is 74.3. The topological polar surface area (TPSA) is 410 Å². The highest BCUT2D eigenvalue weighted by Crippen LogP contribution is 2.32. The monoisotopic (exact) mass is 1370 g/mol. The van der Waals surface area contributed by atoms with Crippen LogP contribution in [0.25, 0.3) is 33.7 Å². The van der Waals surface area contributed by atoms with Gasteiger partial charge in [-0.2, -0.15) is 0 Å². The molecule has 0 saturated carbocycles. The second-order valence-electron chi connectivity index (χ2n) is 22.1. The van der Waals surface area contributed by atoms with Crippen molar-refractivity contribution in [3.05, 3.63) is 126 Å². The maximum absolute atomic E-state index is 14.0. The van der Waals surface area contributed by atoms with Crippen molar-refractivity contribution in [2.24, 2.45) is 11.7 Å². The molecule has 3 aromatic carbocycles. The van der Waals surface area contributed by atoms with Crippen molar-refractivity contribution in [1.82, 2.24) is 56.4 Å². The van der Waals surface area contributed by atoms with Gasteiger partial charge in [-0.05, 0) is 85.3 Å². The van der Waals surface area contributed by atoms with Gasteiger partial charge in [0.1, 0.15) is 54.4 Å². The molecule has 11 N–H and O–H groups in total. The molecule has 0 spiro atoms. The summed E-state index contributed by atoms with van der Waals surface area (Å²) >= 11 is 0. The number of aromatic nitrogens is 5. The van der Waals surface area contributed by atoms with Crippen LogP contribution < -0.4 is 47.7 Å². The number of urea groups is 1. The van der Waals surface area contributed by atoms with E-state index in [0.29, 0.717) is 45.1 Å². The number of amides is 9. The van der Waals surface area contributed by atoms with Crippen molar-refractivity contribution in [3.63, 3.8) is 0 Å². The SMILES string of the molecule is CC(C)[C@H](NC(=O)[C@H](CCC(=O)O)NC(=O)CCOCCOCCOCCOCCN1C(=O)C=CC1=O)C(=O)N[C@@H](CCCNC(N)=O)C(=O)Nc1ccc(COC(=O)NCCOc2cnc3ccc(-c4[nH]c(CNc5cccc(F)c5)nc4-c4cccc(C(F)F)n4)cc3n2)cc1. The molecule has 0 unspecified atom stereocenters.